The van der Waals surface area contributed by atoms with E-state index in [4.69, 9.17) is 9.15 Å². The summed E-state index contributed by atoms with van der Waals surface area (Å²) >= 11 is 0. The first-order valence-electron chi connectivity index (χ1n) is 5.57. The minimum Gasteiger partial charge on any atom is -0.472 e. The second-order valence-corrected chi connectivity index (χ2v) is 3.88. The third kappa shape index (κ3) is 4.98. The van der Waals surface area contributed by atoms with Crippen molar-refractivity contribution in [3.05, 3.63) is 24.2 Å². The highest BCUT2D eigenvalue weighted by atomic mass is 16.5. The molecule has 0 amide bonds. The predicted molar refractivity (Wildman–Crippen MR) is 60.9 cm³/mol. The van der Waals surface area contributed by atoms with E-state index < -0.39 is 0 Å². The highest BCUT2D eigenvalue weighted by molar-refractivity contribution is 5.71. The van der Waals surface area contributed by atoms with Crippen molar-refractivity contribution in [3.8, 4) is 0 Å². The molecule has 0 aliphatic carbocycles. The van der Waals surface area contributed by atoms with Gasteiger partial charge in [-0.3, -0.25) is 9.69 Å². The lowest BCUT2D eigenvalue weighted by molar-refractivity contribution is -0.144. The molecule has 0 aliphatic rings. The summed E-state index contributed by atoms with van der Waals surface area (Å²) in [6, 6.07) is 1.89. The van der Waals surface area contributed by atoms with E-state index in [9.17, 15) is 4.79 Å². The van der Waals surface area contributed by atoms with E-state index in [0.717, 1.165) is 18.4 Å². The quantitative estimate of drug-likeness (QED) is 0.526. The Balaban J connectivity index is 2.18. The number of hydrogen-bond acceptors (Lipinski definition) is 4. The van der Waals surface area contributed by atoms with E-state index in [0.29, 0.717) is 19.7 Å². The molecule has 0 bridgehead atoms. The van der Waals surface area contributed by atoms with Gasteiger partial charge < -0.3 is 9.15 Å². The lowest BCUT2D eigenvalue weighted by Crippen LogP contribution is -2.27. The number of unbranched alkanes of at least 4 members (excludes halogenated alkanes) is 1. The van der Waals surface area contributed by atoms with Crippen LogP contribution in [0.2, 0.25) is 0 Å². The topological polar surface area (TPSA) is 42.7 Å². The maximum absolute atomic E-state index is 11.4. The largest absolute Gasteiger partial charge is 0.472 e. The molecule has 0 N–H and O–H groups in total. The summed E-state index contributed by atoms with van der Waals surface area (Å²) in [5.41, 5.74) is 1.06. The summed E-state index contributed by atoms with van der Waals surface area (Å²) in [6.45, 7) is 3.60. The van der Waals surface area contributed by atoms with Crippen LogP contribution in [0.5, 0.6) is 0 Å². The third-order valence-electron chi connectivity index (χ3n) is 2.19. The van der Waals surface area contributed by atoms with Crippen LogP contribution in [0.4, 0.5) is 0 Å². The van der Waals surface area contributed by atoms with Crippen LogP contribution >= 0.6 is 0 Å². The number of esters is 1. The Morgan fingerprint density at radius 2 is 2.38 bits per heavy atom. The van der Waals surface area contributed by atoms with Gasteiger partial charge in [0.25, 0.3) is 0 Å². The minimum absolute atomic E-state index is 0.167. The Kier molecular flexibility index (Phi) is 5.64. The van der Waals surface area contributed by atoms with Gasteiger partial charge in [0, 0.05) is 12.1 Å². The number of furan rings is 1. The van der Waals surface area contributed by atoms with Crippen LogP contribution in [0.25, 0.3) is 0 Å². The Bertz CT molecular complexity index is 295. The van der Waals surface area contributed by atoms with Crippen molar-refractivity contribution in [1.29, 1.82) is 0 Å². The smallest absolute Gasteiger partial charge is 0.320 e. The van der Waals surface area contributed by atoms with Gasteiger partial charge in [-0.25, -0.2) is 0 Å². The van der Waals surface area contributed by atoms with E-state index in [-0.39, 0.29) is 5.97 Å². The van der Waals surface area contributed by atoms with E-state index in [1.807, 2.05) is 18.0 Å². The molecule has 1 rings (SSSR count). The second-order valence-electron chi connectivity index (χ2n) is 3.88. The van der Waals surface area contributed by atoms with Gasteiger partial charge in [-0.05, 0) is 19.5 Å². The van der Waals surface area contributed by atoms with E-state index in [2.05, 4.69) is 6.92 Å². The van der Waals surface area contributed by atoms with Gasteiger partial charge in [0.05, 0.1) is 25.7 Å². The molecule has 0 saturated heterocycles. The average Bonchev–Trinajstić information content (AvgIpc) is 2.70. The van der Waals surface area contributed by atoms with Crippen molar-refractivity contribution < 1.29 is 13.9 Å². The van der Waals surface area contributed by atoms with Gasteiger partial charge in [-0.1, -0.05) is 13.3 Å². The summed E-state index contributed by atoms with van der Waals surface area (Å²) in [6.07, 6.45) is 5.27. The van der Waals surface area contributed by atoms with Gasteiger partial charge in [0.1, 0.15) is 0 Å². The van der Waals surface area contributed by atoms with Crippen LogP contribution in [-0.4, -0.2) is 31.1 Å². The molecule has 0 radical (unpaired) electrons. The molecule has 4 nitrogen and oxygen atoms in total. The highest BCUT2D eigenvalue weighted by Crippen LogP contribution is 2.03. The highest BCUT2D eigenvalue weighted by Gasteiger charge is 2.08. The second kappa shape index (κ2) is 7.06. The van der Waals surface area contributed by atoms with Gasteiger partial charge in [-0.2, -0.15) is 0 Å². The molecule has 1 aromatic heterocycles. The zero-order valence-electron chi connectivity index (χ0n) is 9.94. The molecular formula is C12H19NO3. The number of carbonyl (C=O) groups is 1. The number of hydrogen-bond donors (Lipinski definition) is 0. The maximum Gasteiger partial charge on any atom is 0.320 e. The summed E-state index contributed by atoms with van der Waals surface area (Å²) in [5.74, 6) is -0.167. The zero-order valence-corrected chi connectivity index (χ0v) is 9.94. The van der Waals surface area contributed by atoms with Gasteiger partial charge in [0.2, 0.25) is 0 Å². The van der Waals surface area contributed by atoms with Crippen molar-refractivity contribution in [2.75, 3.05) is 20.2 Å². The van der Waals surface area contributed by atoms with Crippen molar-refractivity contribution in [2.45, 2.75) is 26.3 Å². The molecule has 0 unspecified atom stereocenters. The normalized spacial score (nSPS) is 10.7. The van der Waals surface area contributed by atoms with Crippen LogP contribution in [0, 0.1) is 0 Å². The summed E-state index contributed by atoms with van der Waals surface area (Å²) < 4.78 is 10.0. The number of ether oxygens (including phenoxy) is 1. The Labute approximate surface area is 96.2 Å². The van der Waals surface area contributed by atoms with E-state index in [1.165, 1.54) is 0 Å². The fraction of sp³-hybridized carbons (Fsp3) is 0.583. The average molecular weight is 225 g/mol. The van der Waals surface area contributed by atoms with Crippen molar-refractivity contribution >= 4 is 5.97 Å². The van der Waals surface area contributed by atoms with E-state index >= 15 is 0 Å². The van der Waals surface area contributed by atoms with Crippen molar-refractivity contribution in [2.24, 2.45) is 0 Å². The molecule has 1 heterocycles. The molecule has 1 aromatic rings. The summed E-state index contributed by atoms with van der Waals surface area (Å²) in [7, 11) is 1.88. The van der Waals surface area contributed by atoms with Crippen LogP contribution in [0.1, 0.15) is 25.3 Å². The Hall–Kier alpha value is -1.29. The molecule has 16 heavy (non-hydrogen) atoms. The first-order chi connectivity index (χ1) is 7.72. The Morgan fingerprint density at radius 1 is 1.56 bits per heavy atom. The molecule has 0 saturated carbocycles. The maximum atomic E-state index is 11.4. The molecule has 0 spiro atoms. The molecule has 0 fully saturated rings. The number of likely N-dealkylation sites (N-methyl/N-ethyl adjacent to an activating group) is 1. The molecule has 0 aliphatic heterocycles. The summed E-state index contributed by atoms with van der Waals surface area (Å²) in [5, 5.41) is 0. The molecule has 90 valence electrons. The lowest BCUT2D eigenvalue weighted by atomic mass is 10.3. The molecule has 0 aromatic carbocycles. The van der Waals surface area contributed by atoms with Gasteiger partial charge in [0.15, 0.2) is 0 Å². The number of rotatable bonds is 7. The molecule has 4 heteroatoms. The summed E-state index contributed by atoms with van der Waals surface area (Å²) in [4.78, 5) is 13.3. The van der Waals surface area contributed by atoms with Crippen molar-refractivity contribution in [1.82, 2.24) is 4.90 Å². The molecule has 0 atom stereocenters. The van der Waals surface area contributed by atoms with Gasteiger partial charge >= 0.3 is 5.97 Å². The standard InChI is InChI=1S/C12H19NO3/c1-3-4-6-16-12(14)9-13(2)8-11-5-7-15-10-11/h5,7,10H,3-4,6,8-9H2,1-2H3. The van der Waals surface area contributed by atoms with Gasteiger partial charge in [-0.15, -0.1) is 0 Å². The monoisotopic (exact) mass is 225 g/mol. The first-order valence-corrected chi connectivity index (χ1v) is 5.57. The molecular weight excluding hydrogens is 206 g/mol. The lowest BCUT2D eigenvalue weighted by Gasteiger charge is -2.14. The van der Waals surface area contributed by atoms with Crippen LogP contribution < -0.4 is 0 Å². The predicted octanol–water partition coefficient (Wildman–Crippen LogP) is 2.05. The van der Waals surface area contributed by atoms with Crippen LogP contribution in [0.3, 0.4) is 0 Å². The van der Waals surface area contributed by atoms with Crippen LogP contribution in [-0.2, 0) is 16.1 Å². The minimum atomic E-state index is -0.167. The fourth-order valence-corrected chi connectivity index (χ4v) is 1.35. The van der Waals surface area contributed by atoms with E-state index in [1.54, 1.807) is 12.5 Å². The van der Waals surface area contributed by atoms with Crippen LogP contribution in [0.15, 0.2) is 23.0 Å². The number of carbonyl (C=O) groups excluding carboxylic acids is 1. The number of nitrogens with zero attached hydrogens (tertiary/aromatic N) is 1. The fourth-order valence-electron chi connectivity index (χ4n) is 1.35. The Morgan fingerprint density at radius 3 is 3.00 bits per heavy atom. The zero-order chi connectivity index (χ0) is 11.8. The SMILES string of the molecule is CCCCOC(=O)CN(C)Cc1ccoc1. The third-order valence-corrected chi connectivity index (χ3v) is 2.19. The van der Waals surface area contributed by atoms with Crippen molar-refractivity contribution in [3.63, 3.8) is 0 Å². The first kappa shape index (κ1) is 12.8.